The molecule has 2 aromatic rings. The van der Waals surface area contributed by atoms with E-state index < -0.39 is 0 Å². The molecule has 0 aromatic carbocycles. The Morgan fingerprint density at radius 1 is 1.33 bits per heavy atom. The van der Waals surface area contributed by atoms with E-state index in [2.05, 4.69) is 15.1 Å². The number of aromatic nitrogens is 3. The second-order valence-corrected chi connectivity index (χ2v) is 4.91. The van der Waals surface area contributed by atoms with E-state index in [9.17, 15) is 4.79 Å². The lowest BCUT2D eigenvalue weighted by Crippen LogP contribution is -2.33. The number of aryl methyl sites for hydroxylation is 1. The molecule has 3 heterocycles. The maximum absolute atomic E-state index is 12.4. The fourth-order valence-electron chi connectivity index (χ4n) is 2.50. The molecule has 110 valence electrons. The molecule has 0 bridgehead atoms. The number of fused-ring (bicyclic) bond motifs is 1. The van der Waals surface area contributed by atoms with Gasteiger partial charge in [0.15, 0.2) is 0 Å². The molecule has 0 atom stereocenters. The first-order valence-corrected chi connectivity index (χ1v) is 6.78. The second kappa shape index (κ2) is 5.51. The van der Waals surface area contributed by atoms with E-state index in [0.717, 1.165) is 29.8 Å². The Hall–Kier alpha value is -2.44. The molecule has 0 spiro atoms. The first-order chi connectivity index (χ1) is 10.2. The Kier molecular flexibility index (Phi) is 3.55. The van der Waals surface area contributed by atoms with E-state index in [1.807, 2.05) is 6.92 Å². The highest BCUT2D eigenvalue weighted by molar-refractivity contribution is 5.91. The van der Waals surface area contributed by atoms with Crippen LogP contribution in [0.2, 0.25) is 0 Å². The molecule has 3 rings (SSSR count). The van der Waals surface area contributed by atoms with Crippen molar-refractivity contribution in [2.45, 2.75) is 19.8 Å². The van der Waals surface area contributed by atoms with Crippen molar-refractivity contribution in [3.63, 3.8) is 0 Å². The topological polar surface area (TPSA) is 81.4 Å². The molecular weight excluding hydrogens is 272 g/mol. The number of carbonyl (C=O) groups excluding carboxylic acids is 1. The van der Waals surface area contributed by atoms with Crippen LogP contribution in [0.1, 0.15) is 27.5 Å². The van der Waals surface area contributed by atoms with E-state index >= 15 is 0 Å². The summed E-state index contributed by atoms with van der Waals surface area (Å²) in [7, 11) is 1.48. The normalized spacial score (nSPS) is 14.5. The van der Waals surface area contributed by atoms with Gasteiger partial charge >= 0.3 is 0 Å². The zero-order valence-corrected chi connectivity index (χ0v) is 12.0. The van der Waals surface area contributed by atoms with Crippen LogP contribution in [0.4, 0.5) is 0 Å². The number of methoxy groups -OCH3 is 1. The Balaban J connectivity index is 1.77. The average Bonchev–Trinajstić information content (AvgIpc) is 2.87. The number of carbonyl (C=O) groups is 1. The van der Waals surface area contributed by atoms with Gasteiger partial charge in [-0.3, -0.25) is 4.79 Å². The molecule has 0 aliphatic carbocycles. The lowest BCUT2D eigenvalue weighted by atomic mass is 10.1. The van der Waals surface area contributed by atoms with Crippen molar-refractivity contribution >= 4 is 5.91 Å². The van der Waals surface area contributed by atoms with Gasteiger partial charge in [-0.1, -0.05) is 0 Å². The predicted molar refractivity (Wildman–Crippen MR) is 73.1 cm³/mol. The van der Waals surface area contributed by atoms with Gasteiger partial charge < -0.3 is 14.2 Å². The van der Waals surface area contributed by atoms with Crippen molar-refractivity contribution < 1.29 is 14.1 Å². The third-order valence-electron chi connectivity index (χ3n) is 3.70. The zero-order chi connectivity index (χ0) is 14.8. The number of ether oxygens (including phenoxy) is 1. The molecule has 7 heteroatoms. The summed E-state index contributed by atoms with van der Waals surface area (Å²) in [6.07, 6.45) is 3.04. The monoisotopic (exact) mass is 288 g/mol. The summed E-state index contributed by atoms with van der Waals surface area (Å²) in [5.41, 5.74) is 3.14. The Morgan fingerprint density at radius 2 is 2.14 bits per heavy atom. The van der Waals surface area contributed by atoms with Crippen molar-refractivity contribution in [3.8, 4) is 5.88 Å². The fraction of sp³-hybridized carbons (Fsp3) is 0.429. The van der Waals surface area contributed by atoms with Gasteiger partial charge in [0.05, 0.1) is 13.2 Å². The minimum Gasteiger partial charge on any atom is -0.479 e. The van der Waals surface area contributed by atoms with E-state index in [1.54, 1.807) is 11.2 Å². The number of rotatable bonds is 2. The summed E-state index contributed by atoms with van der Waals surface area (Å²) < 4.78 is 9.95. The van der Waals surface area contributed by atoms with Gasteiger partial charge in [0, 0.05) is 30.9 Å². The maximum atomic E-state index is 12.4. The van der Waals surface area contributed by atoms with E-state index in [0.29, 0.717) is 19.0 Å². The van der Waals surface area contributed by atoms with Crippen LogP contribution in [0.3, 0.4) is 0 Å². The Labute approximate surface area is 121 Å². The fourth-order valence-corrected chi connectivity index (χ4v) is 2.50. The molecule has 21 heavy (non-hydrogen) atoms. The largest absolute Gasteiger partial charge is 0.479 e. The van der Waals surface area contributed by atoms with E-state index in [-0.39, 0.29) is 11.7 Å². The highest BCUT2D eigenvalue weighted by Gasteiger charge is 2.24. The minimum atomic E-state index is -0.177. The van der Waals surface area contributed by atoms with E-state index in [1.165, 1.54) is 13.2 Å². The van der Waals surface area contributed by atoms with Crippen LogP contribution in [-0.2, 0) is 12.8 Å². The van der Waals surface area contributed by atoms with Crippen LogP contribution in [0, 0.1) is 6.92 Å². The molecule has 0 saturated heterocycles. The van der Waals surface area contributed by atoms with Gasteiger partial charge in [0.25, 0.3) is 11.8 Å². The molecule has 1 aliphatic rings. The SMILES string of the molecule is COc1cc(C(=O)N2CCc3ncnc(C)c3CC2)on1. The highest BCUT2D eigenvalue weighted by atomic mass is 16.5. The molecule has 2 aromatic heterocycles. The van der Waals surface area contributed by atoms with Crippen LogP contribution in [0.25, 0.3) is 0 Å². The summed E-state index contributed by atoms with van der Waals surface area (Å²) in [6.45, 7) is 3.19. The van der Waals surface area contributed by atoms with Crippen LogP contribution in [-0.4, -0.2) is 46.1 Å². The zero-order valence-electron chi connectivity index (χ0n) is 12.0. The van der Waals surface area contributed by atoms with Gasteiger partial charge in [0.2, 0.25) is 5.76 Å². The molecule has 0 saturated carbocycles. The predicted octanol–water partition coefficient (Wildman–Crippen LogP) is 1.02. The smallest absolute Gasteiger partial charge is 0.292 e. The summed E-state index contributed by atoms with van der Waals surface area (Å²) in [4.78, 5) is 22.7. The lowest BCUT2D eigenvalue weighted by molar-refractivity contribution is 0.0720. The molecule has 7 nitrogen and oxygen atoms in total. The second-order valence-electron chi connectivity index (χ2n) is 4.91. The molecule has 0 radical (unpaired) electrons. The van der Waals surface area contributed by atoms with Gasteiger partial charge in [-0.2, -0.15) is 0 Å². The highest BCUT2D eigenvalue weighted by Crippen LogP contribution is 2.18. The third kappa shape index (κ3) is 2.58. The first-order valence-electron chi connectivity index (χ1n) is 6.78. The lowest BCUT2D eigenvalue weighted by Gasteiger charge is -2.18. The van der Waals surface area contributed by atoms with Gasteiger partial charge in [-0.25, -0.2) is 9.97 Å². The quantitative estimate of drug-likeness (QED) is 0.820. The standard InChI is InChI=1S/C14H16N4O3/c1-9-10-3-5-18(6-4-11(10)16-8-15-9)14(19)12-7-13(20-2)17-21-12/h7-8H,3-6H2,1-2H3. The van der Waals surface area contributed by atoms with Crippen molar-refractivity contribution in [2.24, 2.45) is 0 Å². The summed E-state index contributed by atoms with van der Waals surface area (Å²) >= 11 is 0. The number of nitrogens with zero attached hydrogens (tertiary/aromatic N) is 4. The van der Waals surface area contributed by atoms with Crippen LogP contribution < -0.4 is 4.74 Å². The van der Waals surface area contributed by atoms with E-state index in [4.69, 9.17) is 9.26 Å². The Morgan fingerprint density at radius 3 is 2.90 bits per heavy atom. The number of hydrogen-bond acceptors (Lipinski definition) is 6. The molecule has 0 N–H and O–H groups in total. The first kappa shape index (κ1) is 13.5. The summed E-state index contributed by atoms with van der Waals surface area (Å²) in [5.74, 6) is 0.322. The van der Waals surface area contributed by atoms with Crippen LogP contribution >= 0.6 is 0 Å². The van der Waals surface area contributed by atoms with Crippen LogP contribution in [0.15, 0.2) is 16.9 Å². The van der Waals surface area contributed by atoms with Crippen molar-refractivity contribution in [1.82, 2.24) is 20.0 Å². The molecule has 1 amide bonds. The van der Waals surface area contributed by atoms with Crippen molar-refractivity contribution in [1.29, 1.82) is 0 Å². The summed E-state index contributed by atoms with van der Waals surface area (Å²) in [6, 6.07) is 1.51. The van der Waals surface area contributed by atoms with Crippen molar-refractivity contribution in [2.75, 3.05) is 20.2 Å². The maximum Gasteiger partial charge on any atom is 0.292 e. The number of hydrogen-bond donors (Lipinski definition) is 0. The van der Waals surface area contributed by atoms with Gasteiger partial charge in [0.1, 0.15) is 6.33 Å². The summed E-state index contributed by atoms with van der Waals surface area (Å²) in [5, 5.41) is 3.66. The number of amides is 1. The van der Waals surface area contributed by atoms with Crippen LogP contribution in [0.5, 0.6) is 5.88 Å². The molecule has 0 fully saturated rings. The third-order valence-corrected chi connectivity index (χ3v) is 3.70. The average molecular weight is 288 g/mol. The Bertz CT molecular complexity index is 668. The molecule has 1 aliphatic heterocycles. The molecule has 0 unspecified atom stereocenters. The minimum absolute atomic E-state index is 0.177. The van der Waals surface area contributed by atoms with Crippen molar-refractivity contribution in [3.05, 3.63) is 35.1 Å². The van der Waals surface area contributed by atoms with Gasteiger partial charge in [-0.05, 0) is 24.1 Å². The molecular formula is C14H16N4O3. The van der Waals surface area contributed by atoms with Gasteiger partial charge in [-0.15, -0.1) is 0 Å².